The van der Waals surface area contributed by atoms with E-state index in [1.807, 2.05) is 0 Å². The molecule has 108 valence electrons. The van der Waals surface area contributed by atoms with Crippen molar-refractivity contribution in [2.24, 2.45) is 0 Å². The van der Waals surface area contributed by atoms with E-state index in [2.05, 4.69) is 5.32 Å². The van der Waals surface area contributed by atoms with Crippen LogP contribution < -0.4 is 5.32 Å². The second-order valence-corrected chi connectivity index (χ2v) is 5.47. The number of carbonyl (C=O) groups excluding carboxylic acids is 1. The van der Waals surface area contributed by atoms with E-state index in [9.17, 15) is 14.3 Å². The van der Waals surface area contributed by atoms with E-state index in [0.29, 0.717) is 11.1 Å². The van der Waals surface area contributed by atoms with Gasteiger partial charge in [0, 0.05) is 6.08 Å². The first-order chi connectivity index (χ1) is 9.54. The summed E-state index contributed by atoms with van der Waals surface area (Å²) >= 11 is 0. The Balaban J connectivity index is 2.08. The lowest BCUT2D eigenvalue weighted by Gasteiger charge is -2.27. The molecule has 3 nitrogen and oxygen atoms in total. The molecule has 0 unspecified atom stereocenters. The van der Waals surface area contributed by atoms with Crippen molar-refractivity contribution in [3.8, 4) is 0 Å². The first kappa shape index (κ1) is 14.7. The molecule has 0 atom stereocenters. The number of aliphatic hydroxyl groups is 1. The molecule has 1 fully saturated rings. The van der Waals surface area contributed by atoms with Crippen LogP contribution in [-0.4, -0.2) is 23.2 Å². The van der Waals surface area contributed by atoms with Crippen molar-refractivity contribution in [2.45, 2.75) is 38.1 Å². The van der Waals surface area contributed by atoms with Crippen LogP contribution in [-0.2, 0) is 4.79 Å². The fourth-order valence-corrected chi connectivity index (χ4v) is 2.69. The molecule has 1 amide bonds. The number of hydrogen-bond donors (Lipinski definition) is 2. The Bertz CT molecular complexity index is 519. The first-order valence-electron chi connectivity index (χ1n) is 6.92. The topological polar surface area (TPSA) is 49.3 Å². The fourth-order valence-electron chi connectivity index (χ4n) is 2.69. The molecule has 1 aromatic carbocycles. The Kier molecular flexibility index (Phi) is 4.55. The zero-order chi connectivity index (χ0) is 14.6. The van der Waals surface area contributed by atoms with Crippen LogP contribution in [0.5, 0.6) is 0 Å². The minimum absolute atomic E-state index is 0.0361. The Morgan fingerprint density at radius 3 is 2.75 bits per heavy atom. The van der Waals surface area contributed by atoms with Gasteiger partial charge in [0.05, 0.1) is 12.1 Å². The van der Waals surface area contributed by atoms with Crippen molar-refractivity contribution in [2.75, 3.05) is 6.61 Å². The van der Waals surface area contributed by atoms with Crippen molar-refractivity contribution in [3.63, 3.8) is 0 Å². The third kappa shape index (κ3) is 3.45. The third-order valence-electron chi connectivity index (χ3n) is 3.88. The molecule has 0 saturated heterocycles. The van der Waals surface area contributed by atoms with E-state index >= 15 is 0 Å². The van der Waals surface area contributed by atoms with E-state index in [4.69, 9.17) is 0 Å². The van der Waals surface area contributed by atoms with Crippen LogP contribution in [0.15, 0.2) is 30.3 Å². The summed E-state index contributed by atoms with van der Waals surface area (Å²) in [6.07, 6.45) is 5.12. The van der Waals surface area contributed by atoms with Gasteiger partial charge in [0.25, 0.3) is 0 Å². The van der Waals surface area contributed by atoms with Crippen LogP contribution >= 0.6 is 0 Å². The maximum atomic E-state index is 13.1. The van der Waals surface area contributed by atoms with Crippen LogP contribution in [0.2, 0.25) is 0 Å². The van der Waals surface area contributed by atoms with E-state index < -0.39 is 5.54 Å². The summed E-state index contributed by atoms with van der Waals surface area (Å²) in [6, 6.07) is 6.15. The lowest BCUT2D eigenvalue weighted by Crippen LogP contribution is -2.48. The monoisotopic (exact) mass is 277 g/mol. The molecule has 2 rings (SSSR count). The van der Waals surface area contributed by atoms with E-state index in [-0.39, 0.29) is 18.3 Å². The average Bonchev–Trinajstić information content (AvgIpc) is 2.87. The highest BCUT2D eigenvalue weighted by atomic mass is 19.1. The minimum Gasteiger partial charge on any atom is -0.394 e. The zero-order valence-corrected chi connectivity index (χ0v) is 11.7. The molecule has 4 heteroatoms. The number of benzene rings is 1. The van der Waals surface area contributed by atoms with Crippen LogP contribution in [0.1, 0.15) is 38.2 Å². The van der Waals surface area contributed by atoms with Gasteiger partial charge in [0.2, 0.25) is 5.91 Å². The highest BCUT2D eigenvalue weighted by Gasteiger charge is 2.34. The van der Waals surface area contributed by atoms with Crippen LogP contribution in [0.25, 0.3) is 5.57 Å². The number of rotatable bonds is 4. The standard InChI is InChI=1S/C16H20FNO2/c1-12(13-5-4-6-14(17)10-13)9-15(20)18-16(11-19)7-2-3-8-16/h4-6,9-10,19H,2-3,7-8,11H2,1H3,(H,18,20)/b12-9-. The lowest BCUT2D eigenvalue weighted by molar-refractivity contribution is -0.118. The molecule has 2 N–H and O–H groups in total. The van der Waals surface area contributed by atoms with Gasteiger partial charge in [-0.1, -0.05) is 25.0 Å². The van der Waals surface area contributed by atoms with Crippen molar-refractivity contribution in [3.05, 3.63) is 41.7 Å². The van der Waals surface area contributed by atoms with Crippen LogP contribution in [0.4, 0.5) is 4.39 Å². The maximum absolute atomic E-state index is 13.1. The van der Waals surface area contributed by atoms with Gasteiger partial charge in [0.15, 0.2) is 0 Å². The van der Waals surface area contributed by atoms with E-state index in [1.165, 1.54) is 18.2 Å². The highest BCUT2D eigenvalue weighted by molar-refractivity contribution is 5.95. The summed E-state index contributed by atoms with van der Waals surface area (Å²) in [4.78, 5) is 12.0. The smallest absolute Gasteiger partial charge is 0.244 e. The summed E-state index contributed by atoms with van der Waals surface area (Å²) in [5.41, 5.74) is 0.910. The summed E-state index contributed by atoms with van der Waals surface area (Å²) in [5.74, 6) is -0.555. The molecule has 1 aliphatic rings. The summed E-state index contributed by atoms with van der Waals surface area (Å²) in [6.45, 7) is 1.74. The Labute approximate surface area is 118 Å². The minimum atomic E-state index is -0.476. The van der Waals surface area contributed by atoms with Crippen molar-refractivity contribution < 1.29 is 14.3 Å². The van der Waals surface area contributed by atoms with Gasteiger partial charge in [-0.05, 0) is 43.0 Å². The average molecular weight is 277 g/mol. The van der Waals surface area contributed by atoms with Gasteiger partial charge < -0.3 is 10.4 Å². The maximum Gasteiger partial charge on any atom is 0.244 e. The van der Waals surface area contributed by atoms with Gasteiger partial charge in [-0.25, -0.2) is 4.39 Å². The quantitative estimate of drug-likeness (QED) is 0.831. The number of halogens is 1. The van der Waals surface area contributed by atoms with Gasteiger partial charge >= 0.3 is 0 Å². The largest absolute Gasteiger partial charge is 0.394 e. The molecular formula is C16H20FNO2. The molecule has 1 saturated carbocycles. The Morgan fingerprint density at radius 1 is 1.45 bits per heavy atom. The number of amides is 1. The molecule has 20 heavy (non-hydrogen) atoms. The fraction of sp³-hybridized carbons (Fsp3) is 0.438. The first-order valence-corrected chi connectivity index (χ1v) is 6.92. The molecule has 1 aliphatic carbocycles. The summed E-state index contributed by atoms with van der Waals surface area (Å²) < 4.78 is 13.1. The van der Waals surface area contributed by atoms with E-state index in [1.54, 1.807) is 19.1 Å². The predicted octanol–water partition coefficient (Wildman–Crippen LogP) is 2.65. The van der Waals surface area contributed by atoms with Gasteiger partial charge in [-0.15, -0.1) is 0 Å². The normalized spacial score (nSPS) is 18.1. The summed E-state index contributed by atoms with van der Waals surface area (Å²) in [5, 5.41) is 12.4. The number of nitrogens with one attached hydrogen (secondary N) is 1. The second kappa shape index (κ2) is 6.18. The van der Waals surface area contributed by atoms with E-state index in [0.717, 1.165) is 25.7 Å². The molecule has 0 radical (unpaired) electrons. The molecule has 0 aliphatic heterocycles. The predicted molar refractivity (Wildman–Crippen MR) is 76.5 cm³/mol. The molecular weight excluding hydrogens is 257 g/mol. The number of allylic oxidation sites excluding steroid dienone is 1. The molecule has 0 spiro atoms. The van der Waals surface area contributed by atoms with Crippen LogP contribution in [0, 0.1) is 5.82 Å². The Hall–Kier alpha value is -1.68. The van der Waals surface area contributed by atoms with Crippen molar-refractivity contribution in [1.29, 1.82) is 0 Å². The SMILES string of the molecule is C/C(=C/C(=O)NC1(CO)CCCC1)c1cccc(F)c1. The van der Waals surface area contributed by atoms with Crippen LogP contribution in [0.3, 0.4) is 0 Å². The molecule has 0 bridgehead atoms. The van der Waals surface area contributed by atoms with Crippen molar-refractivity contribution >= 4 is 11.5 Å². The number of carbonyl (C=O) groups is 1. The molecule has 0 heterocycles. The summed E-state index contributed by atoms with van der Waals surface area (Å²) in [7, 11) is 0. The van der Waals surface area contributed by atoms with Gasteiger partial charge in [-0.2, -0.15) is 0 Å². The Morgan fingerprint density at radius 2 is 2.15 bits per heavy atom. The number of aliphatic hydroxyl groups excluding tert-OH is 1. The molecule has 1 aromatic rings. The lowest BCUT2D eigenvalue weighted by atomic mass is 9.98. The second-order valence-electron chi connectivity index (χ2n) is 5.47. The van der Waals surface area contributed by atoms with Gasteiger partial charge in [-0.3, -0.25) is 4.79 Å². The zero-order valence-electron chi connectivity index (χ0n) is 11.7. The highest BCUT2D eigenvalue weighted by Crippen LogP contribution is 2.29. The van der Waals surface area contributed by atoms with Crippen molar-refractivity contribution in [1.82, 2.24) is 5.32 Å². The van der Waals surface area contributed by atoms with Gasteiger partial charge in [0.1, 0.15) is 5.82 Å². The third-order valence-corrected chi connectivity index (χ3v) is 3.88. The molecule has 0 aromatic heterocycles. The number of hydrogen-bond acceptors (Lipinski definition) is 2.